The van der Waals surface area contributed by atoms with Gasteiger partial charge >= 0.3 is 0 Å². The number of aryl methyl sites for hydroxylation is 2. The van der Waals surface area contributed by atoms with Crippen LogP contribution in [0, 0.1) is 13.8 Å². The van der Waals surface area contributed by atoms with E-state index in [4.69, 9.17) is 11.6 Å². The van der Waals surface area contributed by atoms with Crippen LogP contribution in [0.3, 0.4) is 0 Å². The molecule has 0 N–H and O–H groups in total. The zero-order valence-electron chi connectivity index (χ0n) is 14.8. The minimum Gasteiger partial charge on any atom is -0.348 e. The summed E-state index contributed by atoms with van der Waals surface area (Å²) in [6, 6.07) is 11.6. The quantitative estimate of drug-likeness (QED) is 0.334. The minimum atomic E-state index is 0.105. The van der Waals surface area contributed by atoms with Crippen LogP contribution < -0.4 is 0 Å². The van der Waals surface area contributed by atoms with E-state index in [9.17, 15) is 4.79 Å². The van der Waals surface area contributed by atoms with Crippen molar-refractivity contribution in [1.82, 2.24) is 14.5 Å². The first-order valence-corrected chi connectivity index (χ1v) is 9.75. The molecule has 4 nitrogen and oxygen atoms in total. The Kier molecular flexibility index (Phi) is 6.12. The molecule has 3 aromatic rings. The van der Waals surface area contributed by atoms with E-state index in [1.165, 1.54) is 17.3 Å². The number of rotatable bonds is 7. The lowest BCUT2D eigenvalue weighted by Gasteiger charge is -2.10. The van der Waals surface area contributed by atoms with Gasteiger partial charge < -0.3 is 4.57 Å². The van der Waals surface area contributed by atoms with Gasteiger partial charge in [0.1, 0.15) is 0 Å². The largest absolute Gasteiger partial charge is 0.348 e. The van der Waals surface area contributed by atoms with Gasteiger partial charge in [0, 0.05) is 40.9 Å². The van der Waals surface area contributed by atoms with Crippen LogP contribution in [0.1, 0.15) is 27.3 Å². The third kappa shape index (κ3) is 4.54. The molecule has 0 saturated heterocycles. The SMILES string of the molecule is Cc1cc(C(=O)CSc2ncccn2)c(C)n1CCc1ccc(Cl)cc1. The van der Waals surface area contributed by atoms with Crippen molar-refractivity contribution < 1.29 is 4.79 Å². The second-order valence-corrected chi connectivity index (χ2v) is 7.44. The molecule has 0 unspecified atom stereocenters. The lowest BCUT2D eigenvalue weighted by molar-refractivity contribution is 0.102. The summed E-state index contributed by atoms with van der Waals surface area (Å²) < 4.78 is 2.20. The summed E-state index contributed by atoms with van der Waals surface area (Å²) in [6.45, 7) is 4.88. The first-order valence-electron chi connectivity index (χ1n) is 8.39. The van der Waals surface area contributed by atoms with Crippen molar-refractivity contribution in [3.8, 4) is 0 Å². The van der Waals surface area contributed by atoms with E-state index in [0.29, 0.717) is 10.9 Å². The summed E-state index contributed by atoms with van der Waals surface area (Å²) in [5.41, 5.74) is 4.12. The van der Waals surface area contributed by atoms with Gasteiger partial charge in [0.25, 0.3) is 0 Å². The second kappa shape index (κ2) is 8.52. The highest BCUT2D eigenvalue weighted by atomic mass is 35.5. The number of thioether (sulfide) groups is 1. The van der Waals surface area contributed by atoms with E-state index in [2.05, 4.69) is 14.5 Å². The number of nitrogens with zero attached hydrogens (tertiary/aromatic N) is 3. The highest BCUT2D eigenvalue weighted by Gasteiger charge is 2.16. The molecule has 0 atom stereocenters. The molecular formula is C20H20ClN3OS. The molecule has 0 fully saturated rings. The summed E-state index contributed by atoms with van der Waals surface area (Å²) in [5.74, 6) is 0.444. The molecule has 6 heteroatoms. The van der Waals surface area contributed by atoms with Crippen molar-refractivity contribution >= 4 is 29.1 Å². The smallest absolute Gasteiger partial charge is 0.187 e. The molecule has 0 spiro atoms. The van der Waals surface area contributed by atoms with E-state index in [1.807, 2.05) is 44.2 Å². The minimum absolute atomic E-state index is 0.105. The molecule has 0 bridgehead atoms. The number of ketones is 1. The van der Waals surface area contributed by atoms with Crippen LogP contribution in [-0.4, -0.2) is 26.1 Å². The summed E-state index contributed by atoms with van der Waals surface area (Å²) in [4.78, 5) is 20.9. The van der Waals surface area contributed by atoms with Crippen molar-refractivity contribution in [3.63, 3.8) is 0 Å². The van der Waals surface area contributed by atoms with E-state index in [0.717, 1.165) is 34.9 Å². The van der Waals surface area contributed by atoms with Crippen molar-refractivity contribution in [2.45, 2.75) is 32.0 Å². The van der Waals surface area contributed by atoms with Crippen molar-refractivity contribution in [2.75, 3.05) is 5.75 Å². The van der Waals surface area contributed by atoms with Crippen LogP contribution >= 0.6 is 23.4 Å². The summed E-state index contributed by atoms with van der Waals surface area (Å²) >= 11 is 7.30. The lowest BCUT2D eigenvalue weighted by atomic mass is 10.1. The van der Waals surface area contributed by atoms with Gasteiger partial charge in [0.15, 0.2) is 10.9 Å². The van der Waals surface area contributed by atoms with Gasteiger partial charge in [-0.3, -0.25) is 4.79 Å². The third-order valence-corrected chi connectivity index (χ3v) is 5.41. The monoisotopic (exact) mass is 385 g/mol. The number of carbonyl (C=O) groups is 1. The summed E-state index contributed by atoms with van der Waals surface area (Å²) in [5, 5.41) is 1.37. The molecule has 0 radical (unpaired) electrons. The van der Waals surface area contributed by atoms with Crippen LogP contribution in [0.4, 0.5) is 0 Å². The molecule has 0 saturated carbocycles. The Balaban J connectivity index is 1.66. The Morgan fingerprint density at radius 2 is 1.85 bits per heavy atom. The number of aromatic nitrogens is 3. The van der Waals surface area contributed by atoms with Crippen LogP contribution in [0.15, 0.2) is 53.9 Å². The molecular weight excluding hydrogens is 366 g/mol. The number of hydrogen-bond donors (Lipinski definition) is 0. The number of hydrogen-bond acceptors (Lipinski definition) is 4. The fraction of sp³-hybridized carbons (Fsp3) is 0.250. The fourth-order valence-electron chi connectivity index (χ4n) is 2.89. The van der Waals surface area contributed by atoms with Gasteiger partial charge in [-0.15, -0.1) is 0 Å². The molecule has 2 aromatic heterocycles. The normalized spacial score (nSPS) is 10.9. The van der Waals surface area contributed by atoms with Crippen molar-refractivity contribution in [1.29, 1.82) is 0 Å². The van der Waals surface area contributed by atoms with Gasteiger partial charge in [-0.25, -0.2) is 9.97 Å². The number of Topliss-reactive ketones (excluding diaryl/α,β-unsaturated/α-hetero) is 1. The molecule has 1 aromatic carbocycles. The van der Waals surface area contributed by atoms with E-state index in [-0.39, 0.29) is 5.78 Å². The third-order valence-electron chi connectivity index (χ3n) is 4.29. The maximum absolute atomic E-state index is 12.6. The van der Waals surface area contributed by atoms with E-state index >= 15 is 0 Å². The zero-order valence-corrected chi connectivity index (χ0v) is 16.3. The first kappa shape index (κ1) is 18.7. The molecule has 0 aliphatic heterocycles. The lowest BCUT2D eigenvalue weighted by Crippen LogP contribution is -2.08. The van der Waals surface area contributed by atoms with Gasteiger partial charge in [-0.1, -0.05) is 35.5 Å². The van der Waals surface area contributed by atoms with Crippen LogP contribution in [-0.2, 0) is 13.0 Å². The van der Waals surface area contributed by atoms with Crippen LogP contribution in [0.25, 0.3) is 0 Å². The summed E-state index contributed by atoms with van der Waals surface area (Å²) in [7, 11) is 0. The van der Waals surface area contributed by atoms with Gasteiger partial charge in [0.2, 0.25) is 0 Å². The zero-order chi connectivity index (χ0) is 18.5. The van der Waals surface area contributed by atoms with Crippen molar-refractivity contribution in [2.24, 2.45) is 0 Å². The predicted molar refractivity (Wildman–Crippen MR) is 106 cm³/mol. The molecule has 134 valence electrons. The molecule has 26 heavy (non-hydrogen) atoms. The molecule has 0 amide bonds. The van der Waals surface area contributed by atoms with Gasteiger partial charge in [-0.2, -0.15) is 0 Å². The molecule has 0 aliphatic rings. The Labute approximate surface area is 162 Å². The van der Waals surface area contributed by atoms with E-state index < -0.39 is 0 Å². The summed E-state index contributed by atoms with van der Waals surface area (Å²) in [6.07, 6.45) is 4.26. The number of benzene rings is 1. The predicted octanol–water partition coefficient (Wildman–Crippen LogP) is 4.77. The molecule has 2 heterocycles. The topological polar surface area (TPSA) is 47.8 Å². The van der Waals surface area contributed by atoms with Crippen LogP contribution in [0.2, 0.25) is 5.02 Å². The standard InChI is InChI=1S/C20H20ClN3OS/c1-14-12-18(19(25)13-26-20-22-9-3-10-23-20)15(2)24(14)11-8-16-4-6-17(21)7-5-16/h3-7,9-10,12H,8,11,13H2,1-2H3. The van der Waals surface area contributed by atoms with Crippen LogP contribution in [0.5, 0.6) is 0 Å². The first-order chi connectivity index (χ1) is 12.5. The molecule has 0 aliphatic carbocycles. The second-order valence-electron chi connectivity index (χ2n) is 6.06. The molecule has 3 rings (SSSR count). The Morgan fingerprint density at radius 1 is 1.15 bits per heavy atom. The Bertz CT molecular complexity index is 891. The Hall–Kier alpha value is -2.11. The maximum atomic E-state index is 12.6. The fourth-order valence-corrected chi connectivity index (χ4v) is 3.70. The maximum Gasteiger partial charge on any atom is 0.187 e. The average Bonchev–Trinajstić information content (AvgIpc) is 2.94. The highest BCUT2D eigenvalue weighted by molar-refractivity contribution is 7.99. The number of carbonyl (C=O) groups excluding carboxylic acids is 1. The highest BCUT2D eigenvalue weighted by Crippen LogP contribution is 2.20. The average molecular weight is 386 g/mol. The van der Waals surface area contributed by atoms with E-state index in [1.54, 1.807) is 18.5 Å². The Morgan fingerprint density at radius 3 is 2.54 bits per heavy atom. The van der Waals surface area contributed by atoms with Crippen molar-refractivity contribution in [3.05, 3.63) is 76.3 Å². The number of halogens is 1. The van der Waals surface area contributed by atoms with Gasteiger partial charge in [0.05, 0.1) is 5.75 Å². The van der Waals surface area contributed by atoms with Gasteiger partial charge in [-0.05, 0) is 50.1 Å².